The fraction of sp³-hybridized carbons (Fsp3) is 0.773. The van der Waals surface area contributed by atoms with Crippen molar-refractivity contribution >= 4 is 17.9 Å². The van der Waals surface area contributed by atoms with Crippen LogP contribution < -0.4 is 0 Å². The topological polar surface area (TPSA) is 88.1 Å². The molecule has 8 unspecified atom stereocenters. The van der Waals surface area contributed by atoms with E-state index in [0.717, 1.165) is 0 Å². The molecule has 0 aromatic heterocycles. The lowest BCUT2D eigenvalue weighted by atomic mass is 9.77. The molecule has 188 valence electrons. The van der Waals surface area contributed by atoms with Gasteiger partial charge in [0, 0.05) is 11.5 Å². The molecule has 2 aliphatic heterocycles. The van der Waals surface area contributed by atoms with Crippen LogP contribution >= 0.6 is 0 Å². The van der Waals surface area contributed by atoms with Gasteiger partial charge in [0.15, 0.2) is 0 Å². The number of halogens is 5. The van der Waals surface area contributed by atoms with Gasteiger partial charge < -0.3 is 18.9 Å². The summed E-state index contributed by atoms with van der Waals surface area (Å²) in [6.45, 7) is 4.48. The maximum atomic E-state index is 16.0. The van der Waals surface area contributed by atoms with E-state index < -0.39 is 77.8 Å². The van der Waals surface area contributed by atoms with Crippen LogP contribution in [0.4, 0.5) is 22.0 Å². The van der Waals surface area contributed by atoms with Gasteiger partial charge in [0.05, 0.1) is 11.8 Å². The molecule has 0 N–H and O–H groups in total. The zero-order valence-electron chi connectivity index (χ0n) is 18.2. The number of rotatable bonds is 4. The van der Waals surface area contributed by atoms with E-state index in [2.05, 4.69) is 11.3 Å². The van der Waals surface area contributed by atoms with Crippen molar-refractivity contribution in [3.8, 4) is 0 Å². The van der Waals surface area contributed by atoms with Crippen LogP contribution in [0.25, 0.3) is 0 Å². The van der Waals surface area contributed by atoms with Gasteiger partial charge in [-0.05, 0) is 44.9 Å². The molecule has 3 saturated carbocycles. The van der Waals surface area contributed by atoms with Gasteiger partial charge in [0.2, 0.25) is 5.60 Å². The molecule has 0 radical (unpaired) electrons. The fourth-order valence-corrected chi connectivity index (χ4v) is 6.54. The molecule has 2 saturated heterocycles. The summed E-state index contributed by atoms with van der Waals surface area (Å²) in [5.41, 5.74) is -3.28. The highest BCUT2D eigenvalue weighted by Gasteiger charge is 2.89. The lowest BCUT2D eigenvalue weighted by Gasteiger charge is -2.42. The van der Waals surface area contributed by atoms with Crippen LogP contribution in [0.15, 0.2) is 12.2 Å². The molecule has 7 nitrogen and oxygen atoms in total. The Bertz CT molecular complexity index is 962. The minimum absolute atomic E-state index is 0.0441. The van der Waals surface area contributed by atoms with Crippen molar-refractivity contribution in [2.75, 3.05) is 0 Å². The van der Waals surface area contributed by atoms with E-state index in [1.165, 1.54) is 6.92 Å². The second-order valence-electron chi connectivity index (χ2n) is 9.94. The number of ether oxygens (including phenoxy) is 4. The number of fused-ring (bicyclic) bond motifs is 2. The molecule has 8 atom stereocenters. The Morgan fingerprint density at radius 3 is 2.50 bits per heavy atom. The molecule has 3 aliphatic carbocycles. The van der Waals surface area contributed by atoms with Crippen molar-refractivity contribution in [3.05, 3.63) is 12.2 Å². The number of alkyl halides is 5. The monoisotopic (exact) mass is 494 g/mol. The molecule has 5 aliphatic rings. The quantitative estimate of drug-likeness (QED) is 0.256. The first-order valence-corrected chi connectivity index (χ1v) is 11.2. The highest BCUT2D eigenvalue weighted by atomic mass is 19.4. The molecule has 0 aromatic rings. The number of esters is 3. The SMILES string of the molecule is C=C(C)C(=O)OC12CCCCC1OC(OC(=O)C1C3CC4OC(=O)C1C4C3)(C(F)(F)F)C2(F)F. The minimum atomic E-state index is -5.87. The Morgan fingerprint density at radius 2 is 1.85 bits per heavy atom. The molecule has 34 heavy (non-hydrogen) atoms. The summed E-state index contributed by atoms with van der Waals surface area (Å²) in [5.74, 6) is -16.5. The number of carbonyl (C=O) groups is 3. The first kappa shape index (κ1) is 23.5. The Labute approximate surface area is 190 Å². The van der Waals surface area contributed by atoms with Crippen molar-refractivity contribution in [3.63, 3.8) is 0 Å². The largest absolute Gasteiger partial charge is 0.462 e. The average Bonchev–Trinajstić information content (AvgIpc) is 3.39. The van der Waals surface area contributed by atoms with Crippen molar-refractivity contribution in [1.82, 2.24) is 0 Å². The van der Waals surface area contributed by atoms with Gasteiger partial charge in [0.1, 0.15) is 12.2 Å². The van der Waals surface area contributed by atoms with Gasteiger partial charge in [0.25, 0.3) is 0 Å². The average molecular weight is 494 g/mol. The van der Waals surface area contributed by atoms with Crippen molar-refractivity contribution in [1.29, 1.82) is 0 Å². The predicted molar refractivity (Wildman–Crippen MR) is 99.9 cm³/mol. The molecular formula is C22H23F5O7. The maximum absolute atomic E-state index is 16.0. The van der Waals surface area contributed by atoms with Crippen LogP contribution in [0.1, 0.15) is 45.4 Å². The molecule has 2 heterocycles. The zero-order chi connectivity index (χ0) is 24.8. The van der Waals surface area contributed by atoms with Gasteiger partial charge in [-0.3, -0.25) is 9.59 Å². The molecule has 5 rings (SSSR count). The number of hydrogen-bond acceptors (Lipinski definition) is 7. The van der Waals surface area contributed by atoms with Gasteiger partial charge in [-0.1, -0.05) is 13.0 Å². The second kappa shape index (κ2) is 7.14. The normalized spacial score (nSPS) is 43.9. The Morgan fingerprint density at radius 1 is 1.15 bits per heavy atom. The van der Waals surface area contributed by atoms with E-state index in [4.69, 9.17) is 14.2 Å². The molecular weight excluding hydrogens is 471 g/mol. The van der Waals surface area contributed by atoms with Crippen LogP contribution in [-0.2, 0) is 33.3 Å². The summed E-state index contributed by atoms with van der Waals surface area (Å²) >= 11 is 0. The summed E-state index contributed by atoms with van der Waals surface area (Å²) in [4.78, 5) is 37.4. The Hall–Kier alpha value is -2.24. The van der Waals surface area contributed by atoms with Gasteiger partial charge in [-0.25, -0.2) is 4.79 Å². The van der Waals surface area contributed by atoms with Crippen molar-refractivity contribution < 1.29 is 55.3 Å². The second-order valence-corrected chi connectivity index (χ2v) is 9.94. The Balaban J connectivity index is 1.53. The zero-order valence-corrected chi connectivity index (χ0v) is 18.2. The molecule has 12 heteroatoms. The lowest BCUT2D eigenvalue weighted by Crippen LogP contribution is -2.67. The standard InChI is InChI=1S/C22H23F5O7/c1-9(2)16(28)33-19-6-4-3-5-13(19)32-21(20(19,23)24,22(25,26)27)34-18(30)14-10-7-11-12(8-10)31-17(29)15(11)14/h10-15H,1,3-8H2,2H3. The smallest absolute Gasteiger partial charge is 0.462 e. The van der Waals surface area contributed by atoms with E-state index in [9.17, 15) is 27.6 Å². The molecule has 2 bridgehead atoms. The van der Waals surface area contributed by atoms with Crippen LogP contribution in [-0.4, -0.2) is 53.6 Å². The molecule has 0 spiro atoms. The van der Waals surface area contributed by atoms with Gasteiger partial charge in [-0.15, -0.1) is 0 Å². The van der Waals surface area contributed by atoms with Gasteiger partial charge in [-0.2, -0.15) is 22.0 Å². The van der Waals surface area contributed by atoms with Crippen LogP contribution in [0.3, 0.4) is 0 Å². The number of hydrogen-bond donors (Lipinski definition) is 0. The fourth-order valence-electron chi connectivity index (χ4n) is 6.54. The predicted octanol–water partition coefficient (Wildman–Crippen LogP) is 3.45. The molecule has 0 aromatic carbocycles. The third kappa shape index (κ3) is 2.80. The minimum Gasteiger partial charge on any atom is -0.462 e. The summed E-state index contributed by atoms with van der Waals surface area (Å²) < 4.78 is 94.7. The van der Waals surface area contributed by atoms with Crippen molar-refractivity contribution in [2.45, 2.75) is 81.1 Å². The highest BCUT2D eigenvalue weighted by Crippen LogP contribution is 2.64. The van der Waals surface area contributed by atoms with E-state index in [1.54, 1.807) is 0 Å². The number of carbonyl (C=O) groups excluding carboxylic acids is 3. The summed E-state index contributed by atoms with van der Waals surface area (Å²) in [5, 5.41) is 0. The van der Waals surface area contributed by atoms with E-state index in [0.29, 0.717) is 6.42 Å². The first-order chi connectivity index (χ1) is 15.8. The highest BCUT2D eigenvalue weighted by molar-refractivity contribution is 5.88. The van der Waals surface area contributed by atoms with Crippen LogP contribution in [0.2, 0.25) is 0 Å². The summed E-state index contributed by atoms with van der Waals surface area (Å²) in [7, 11) is 0. The molecule has 5 fully saturated rings. The van der Waals surface area contributed by atoms with E-state index >= 15 is 8.78 Å². The third-order valence-electron chi connectivity index (χ3n) is 8.03. The van der Waals surface area contributed by atoms with E-state index in [-0.39, 0.29) is 37.2 Å². The van der Waals surface area contributed by atoms with Crippen molar-refractivity contribution in [2.24, 2.45) is 23.7 Å². The van der Waals surface area contributed by atoms with Crippen LogP contribution in [0, 0.1) is 23.7 Å². The van der Waals surface area contributed by atoms with E-state index in [1.807, 2.05) is 0 Å². The summed E-state index contributed by atoms with van der Waals surface area (Å²) in [6.07, 6.45) is -8.13. The first-order valence-electron chi connectivity index (χ1n) is 11.2. The lowest BCUT2D eigenvalue weighted by molar-refractivity contribution is -0.413. The van der Waals surface area contributed by atoms with Crippen LogP contribution in [0.5, 0.6) is 0 Å². The summed E-state index contributed by atoms with van der Waals surface area (Å²) in [6, 6.07) is 0. The van der Waals surface area contributed by atoms with Gasteiger partial charge >= 0.3 is 35.8 Å². The third-order valence-corrected chi connectivity index (χ3v) is 8.03. The maximum Gasteiger partial charge on any atom is 0.462 e. The Kier molecular flexibility index (Phi) is 4.94. The molecule has 0 amide bonds.